The van der Waals surface area contributed by atoms with Crippen LogP contribution in [0.3, 0.4) is 0 Å². The van der Waals surface area contributed by atoms with E-state index in [0.29, 0.717) is 0 Å². The fourth-order valence-electron chi connectivity index (χ4n) is 3.40. The zero-order valence-corrected chi connectivity index (χ0v) is 11.9. The van der Waals surface area contributed by atoms with E-state index < -0.39 is 18.1 Å². The van der Waals surface area contributed by atoms with Crippen molar-refractivity contribution in [1.29, 1.82) is 0 Å². The summed E-state index contributed by atoms with van der Waals surface area (Å²) in [7, 11) is 1.31. The molecule has 0 aromatic carbocycles. The number of likely N-dealkylation sites (tertiary alicyclic amines) is 1. The number of β-amino-alcohol motifs (C(OH)–C–C–N with tert-alkyl or cyclic N) is 1. The molecular weight excluding hydrogens is 246 g/mol. The number of amides is 1. The van der Waals surface area contributed by atoms with Crippen LogP contribution in [0.5, 0.6) is 0 Å². The lowest BCUT2D eigenvalue weighted by Crippen LogP contribution is -2.46. The van der Waals surface area contributed by atoms with Gasteiger partial charge in [0.1, 0.15) is 6.04 Å². The second-order valence-corrected chi connectivity index (χ2v) is 6.35. The van der Waals surface area contributed by atoms with Crippen LogP contribution in [0.1, 0.15) is 39.5 Å². The summed E-state index contributed by atoms with van der Waals surface area (Å²) >= 11 is 0. The van der Waals surface area contributed by atoms with Crippen molar-refractivity contribution in [2.75, 3.05) is 13.7 Å². The molecular formula is C14H23NO4. The zero-order valence-electron chi connectivity index (χ0n) is 11.9. The Hall–Kier alpha value is -1.10. The third-order valence-electron chi connectivity index (χ3n) is 4.59. The van der Waals surface area contributed by atoms with Gasteiger partial charge in [-0.2, -0.15) is 0 Å². The molecule has 1 heterocycles. The van der Waals surface area contributed by atoms with E-state index in [1.807, 2.05) is 0 Å². The number of methoxy groups -OCH3 is 1. The molecule has 5 heteroatoms. The number of aliphatic hydroxyl groups excluding tert-OH is 1. The number of carbonyl (C=O) groups is 2. The maximum atomic E-state index is 12.6. The first kappa shape index (κ1) is 14.3. The lowest BCUT2D eigenvalue weighted by atomic mass is 9.81. The van der Waals surface area contributed by atoms with Crippen LogP contribution in [0.4, 0.5) is 0 Å². The van der Waals surface area contributed by atoms with E-state index in [2.05, 4.69) is 13.8 Å². The van der Waals surface area contributed by atoms with E-state index in [4.69, 9.17) is 4.74 Å². The first-order valence-electron chi connectivity index (χ1n) is 6.93. The minimum atomic E-state index is -0.627. The van der Waals surface area contributed by atoms with Crippen molar-refractivity contribution in [1.82, 2.24) is 4.90 Å². The number of ether oxygens (including phenoxy) is 1. The van der Waals surface area contributed by atoms with Gasteiger partial charge < -0.3 is 14.7 Å². The Kier molecular flexibility index (Phi) is 3.85. The van der Waals surface area contributed by atoms with Gasteiger partial charge in [-0.1, -0.05) is 20.3 Å². The maximum Gasteiger partial charge on any atom is 0.328 e. The van der Waals surface area contributed by atoms with Crippen LogP contribution in [0.15, 0.2) is 0 Å². The molecule has 1 aliphatic carbocycles. The van der Waals surface area contributed by atoms with Crippen molar-refractivity contribution in [3.05, 3.63) is 0 Å². The van der Waals surface area contributed by atoms with Gasteiger partial charge >= 0.3 is 5.97 Å². The van der Waals surface area contributed by atoms with E-state index >= 15 is 0 Å². The normalized spacial score (nSPS) is 33.5. The highest BCUT2D eigenvalue weighted by Gasteiger charge is 2.47. The lowest BCUT2D eigenvalue weighted by molar-refractivity contribution is -0.153. The van der Waals surface area contributed by atoms with Crippen LogP contribution in [-0.2, 0) is 14.3 Å². The van der Waals surface area contributed by atoms with Crippen molar-refractivity contribution >= 4 is 11.9 Å². The molecule has 0 radical (unpaired) electrons. The van der Waals surface area contributed by atoms with Crippen LogP contribution in [-0.4, -0.2) is 47.7 Å². The van der Waals surface area contributed by atoms with Gasteiger partial charge in [0, 0.05) is 18.9 Å². The highest BCUT2D eigenvalue weighted by molar-refractivity contribution is 5.87. The molecule has 2 fully saturated rings. The van der Waals surface area contributed by atoms with Gasteiger partial charge in [-0.25, -0.2) is 4.79 Å². The summed E-state index contributed by atoms with van der Waals surface area (Å²) in [6.07, 6.45) is 2.60. The fourth-order valence-corrected chi connectivity index (χ4v) is 3.40. The van der Waals surface area contributed by atoms with E-state index in [1.54, 1.807) is 0 Å². The molecule has 1 N–H and O–H groups in total. The first-order chi connectivity index (χ1) is 8.86. The Bertz CT molecular complexity index is 380. The SMILES string of the molecule is COC(=O)C1CC(O)CN1C(=O)C1CCCC1(C)C. The maximum absolute atomic E-state index is 12.6. The number of hydrogen-bond donors (Lipinski definition) is 1. The second kappa shape index (κ2) is 5.12. The molecule has 19 heavy (non-hydrogen) atoms. The Morgan fingerprint density at radius 2 is 2.05 bits per heavy atom. The van der Waals surface area contributed by atoms with Gasteiger partial charge in [0.25, 0.3) is 0 Å². The van der Waals surface area contributed by atoms with Crippen LogP contribution in [0.2, 0.25) is 0 Å². The molecule has 1 amide bonds. The molecule has 108 valence electrons. The molecule has 2 aliphatic rings. The molecule has 0 aromatic heterocycles. The third-order valence-corrected chi connectivity index (χ3v) is 4.59. The van der Waals surface area contributed by atoms with Gasteiger partial charge in [0.2, 0.25) is 5.91 Å². The second-order valence-electron chi connectivity index (χ2n) is 6.35. The van der Waals surface area contributed by atoms with Crippen molar-refractivity contribution in [3.63, 3.8) is 0 Å². The molecule has 1 aliphatic heterocycles. The summed E-state index contributed by atoms with van der Waals surface area (Å²) in [6, 6.07) is -0.621. The molecule has 0 aromatic rings. The Morgan fingerprint density at radius 1 is 1.37 bits per heavy atom. The highest BCUT2D eigenvalue weighted by atomic mass is 16.5. The molecule has 0 bridgehead atoms. The predicted octanol–water partition coefficient (Wildman–Crippen LogP) is 0.947. The lowest BCUT2D eigenvalue weighted by Gasteiger charge is -2.32. The predicted molar refractivity (Wildman–Crippen MR) is 69.3 cm³/mol. The summed E-state index contributed by atoms with van der Waals surface area (Å²) in [5, 5.41) is 9.73. The van der Waals surface area contributed by atoms with Crippen LogP contribution >= 0.6 is 0 Å². The molecule has 1 saturated carbocycles. The average Bonchev–Trinajstić information content (AvgIpc) is 2.90. The van der Waals surface area contributed by atoms with Gasteiger partial charge in [0.15, 0.2) is 0 Å². The summed E-state index contributed by atoms with van der Waals surface area (Å²) in [5.74, 6) is -0.486. The number of nitrogens with zero attached hydrogens (tertiary/aromatic N) is 1. The van der Waals surface area contributed by atoms with E-state index in [1.165, 1.54) is 12.0 Å². The van der Waals surface area contributed by atoms with Crippen LogP contribution < -0.4 is 0 Å². The standard InChI is InChI=1S/C14H23NO4/c1-14(2)6-4-5-10(14)12(17)15-8-9(16)7-11(15)13(18)19-3/h9-11,16H,4-8H2,1-3H3. The topological polar surface area (TPSA) is 66.8 Å². The molecule has 5 nitrogen and oxygen atoms in total. The number of aliphatic hydroxyl groups is 1. The van der Waals surface area contributed by atoms with Crippen LogP contribution in [0, 0.1) is 11.3 Å². The van der Waals surface area contributed by atoms with E-state index in [9.17, 15) is 14.7 Å². The van der Waals surface area contributed by atoms with Crippen molar-refractivity contribution in [3.8, 4) is 0 Å². The summed E-state index contributed by atoms with van der Waals surface area (Å²) in [4.78, 5) is 25.9. The third kappa shape index (κ3) is 2.61. The molecule has 0 spiro atoms. The average molecular weight is 269 g/mol. The zero-order chi connectivity index (χ0) is 14.2. The first-order valence-corrected chi connectivity index (χ1v) is 6.93. The minimum absolute atomic E-state index is 0.00514. The summed E-state index contributed by atoms with van der Waals surface area (Å²) in [6.45, 7) is 4.44. The van der Waals surface area contributed by atoms with Gasteiger partial charge in [0.05, 0.1) is 13.2 Å². The highest BCUT2D eigenvalue weighted by Crippen LogP contribution is 2.44. The minimum Gasteiger partial charge on any atom is -0.467 e. The van der Waals surface area contributed by atoms with Gasteiger partial charge in [-0.15, -0.1) is 0 Å². The van der Waals surface area contributed by atoms with Gasteiger partial charge in [-0.3, -0.25) is 4.79 Å². The number of esters is 1. The quantitative estimate of drug-likeness (QED) is 0.758. The molecule has 2 rings (SSSR count). The monoisotopic (exact) mass is 269 g/mol. The van der Waals surface area contributed by atoms with E-state index in [0.717, 1.165) is 19.3 Å². The summed E-state index contributed by atoms with van der Waals surface area (Å²) < 4.78 is 4.73. The number of rotatable bonds is 2. The number of carbonyl (C=O) groups excluding carboxylic acids is 2. The largest absolute Gasteiger partial charge is 0.467 e. The van der Waals surface area contributed by atoms with Crippen LogP contribution in [0.25, 0.3) is 0 Å². The smallest absolute Gasteiger partial charge is 0.328 e. The molecule has 3 atom stereocenters. The van der Waals surface area contributed by atoms with Crippen molar-refractivity contribution < 1.29 is 19.4 Å². The summed E-state index contributed by atoms with van der Waals surface area (Å²) in [5.41, 5.74) is -0.0225. The van der Waals surface area contributed by atoms with Gasteiger partial charge in [-0.05, 0) is 18.3 Å². The van der Waals surface area contributed by atoms with Crippen molar-refractivity contribution in [2.24, 2.45) is 11.3 Å². The molecule has 1 saturated heterocycles. The number of hydrogen-bond acceptors (Lipinski definition) is 4. The van der Waals surface area contributed by atoms with Crippen molar-refractivity contribution in [2.45, 2.75) is 51.7 Å². The fraction of sp³-hybridized carbons (Fsp3) is 0.857. The Balaban J connectivity index is 2.15. The Morgan fingerprint density at radius 3 is 2.58 bits per heavy atom. The Labute approximate surface area is 113 Å². The molecule has 3 unspecified atom stereocenters. The van der Waals surface area contributed by atoms with E-state index in [-0.39, 0.29) is 30.2 Å².